The highest BCUT2D eigenvalue weighted by Crippen LogP contribution is 2.41. The summed E-state index contributed by atoms with van der Waals surface area (Å²) in [5.74, 6) is 0. The summed E-state index contributed by atoms with van der Waals surface area (Å²) in [6, 6.07) is 0.552. The molecule has 3 unspecified atom stereocenters. The molecule has 3 aliphatic rings. The molecule has 3 atom stereocenters. The van der Waals surface area contributed by atoms with Crippen molar-refractivity contribution in [3.05, 3.63) is 0 Å². The van der Waals surface area contributed by atoms with Crippen molar-refractivity contribution in [1.82, 2.24) is 5.32 Å². The number of rotatable bonds is 4. The van der Waals surface area contributed by atoms with Crippen LogP contribution in [0.5, 0.6) is 0 Å². The fourth-order valence-corrected chi connectivity index (χ4v) is 4.33. The molecule has 0 radical (unpaired) electrons. The number of hydrogen-bond acceptors (Lipinski definition) is 3. The van der Waals surface area contributed by atoms with Gasteiger partial charge >= 0.3 is 0 Å². The fraction of sp³-hybridized carbons (Fsp3) is 1.00. The van der Waals surface area contributed by atoms with E-state index in [1.807, 2.05) is 7.11 Å². The molecule has 0 aromatic heterocycles. The van der Waals surface area contributed by atoms with Crippen LogP contribution in [0.1, 0.15) is 64.2 Å². The molecule has 0 amide bonds. The summed E-state index contributed by atoms with van der Waals surface area (Å²) in [5.41, 5.74) is 0.265. The molecule has 2 aliphatic carbocycles. The van der Waals surface area contributed by atoms with Gasteiger partial charge in [0.15, 0.2) is 0 Å². The molecule has 2 saturated carbocycles. The smallest absolute Gasteiger partial charge is 0.0724 e. The Bertz CT molecular complexity index is 288. The van der Waals surface area contributed by atoms with Gasteiger partial charge in [-0.1, -0.05) is 19.3 Å². The van der Waals surface area contributed by atoms with E-state index in [1.165, 1.54) is 64.2 Å². The van der Waals surface area contributed by atoms with Gasteiger partial charge in [0.05, 0.1) is 17.8 Å². The summed E-state index contributed by atoms with van der Waals surface area (Å²) >= 11 is 0. The lowest BCUT2D eigenvalue weighted by atomic mass is 9.83. The van der Waals surface area contributed by atoms with E-state index in [4.69, 9.17) is 9.47 Å². The first-order valence-electron chi connectivity index (χ1n) is 8.25. The lowest BCUT2D eigenvalue weighted by molar-refractivity contribution is -0.0638. The highest BCUT2D eigenvalue weighted by molar-refractivity contribution is 4.93. The van der Waals surface area contributed by atoms with Crippen LogP contribution < -0.4 is 5.32 Å². The second-order valence-corrected chi connectivity index (χ2v) is 6.74. The maximum Gasteiger partial charge on any atom is 0.0724 e. The molecule has 0 aromatic rings. The minimum Gasteiger partial charge on any atom is -0.380 e. The molecular formula is C16H29NO2. The van der Waals surface area contributed by atoms with E-state index in [1.54, 1.807) is 0 Å². The summed E-state index contributed by atoms with van der Waals surface area (Å²) in [6.07, 6.45) is 13.9. The zero-order chi connectivity index (χ0) is 13.1. The van der Waals surface area contributed by atoms with E-state index in [9.17, 15) is 0 Å². The molecule has 19 heavy (non-hydrogen) atoms. The van der Waals surface area contributed by atoms with Gasteiger partial charge in [0.1, 0.15) is 0 Å². The molecular weight excluding hydrogens is 238 g/mol. The summed E-state index contributed by atoms with van der Waals surface area (Å²) < 4.78 is 12.0. The van der Waals surface area contributed by atoms with Gasteiger partial charge in [-0.3, -0.25) is 0 Å². The molecule has 1 N–H and O–H groups in total. The van der Waals surface area contributed by atoms with E-state index in [0.717, 1.165) is 6.54 Å². The van der Waals surface area contributed by atoms with Crippen LogP contribution in [0, 0.1) is 0 Å². The minimum absolute atomic E-state index is 0.265. The normalized spacial score (nSPS) is 38.1. The Balaban J connectivity index is 1.44. The van der Waals surface area contributed by atoms with Gasteiger partial charge in [0.2, 0.25) is 0 Å². The Labute approximate surface area is 117 Å². The predicted molar refractivity (Wildman–Crippen MR) is 76.4 cm³/mol. The standard InChI is InChI=1S/C16H29NO2/c1-18-15-7-5-6-14(15)17-12-13-8-11-16(19-13)9-3-2-4-10-16/h13-15,17H,2-12H2,1H3. The second kappa shape index (κ2) is 6.11. The van der Waals surface area contributed by atoms with Gasteiger partial charge in [-0.2, -0.15) is 0 Å². The highest BCUT2D eigenvalue weighted by Gasteiger charge is 2.41. The number of nitrogens with one attached hydrogen (secondary N) is 1. The average Bonchev–Trinajstić information content (AvgIpc) is 3.04. The molecule has 3 fully saturated rings. The van der Waals surface area contributed by atoms with Gasteiger partial charge in [0, 0.05) is 19.7 Å². The van der Waals surface area contributed by atoms with E-state index in [-0.39, 0.29) is 5.60 Å². The van der Waals surface area contributed by atoms with Crippen molar-refractivity contribution in [1.29, 1.82) is 0 Å². The largest absolute Gasteiger partial charge is 0.380 e. The molecule has 3 rings (SSSR count). The maximum absolute atomic E-state index is 6.42. The Morgan fingerprint density at radius 3 is 2.68 bits per heavy atom. The van der Waals surface area contributed by atoms with Crippen LogP contribution in [0.25, 0.3) is 0 Å². The zero-order valence-corrected chi connectivity index (χ0v) is 12.3. The van der Waals surface area contributed by atoms with Crippen LogP contribution in [-0.2, 0) is 9.47 Å². The predicted octanol–water partition coefficient (Wildman–Crippen LogP) is 3.03. The summed E-state index contributed by atoms with van der Waals surface area (Å²) in [4.78, 5) is 0. The highest BCUT2D eigenvalue weighted by atomic mass is 16.5. The average molecular weight is 267 g/mol. The third-order valence-electron chi connectivity index (χ3n) is 5.47. The van der Waals surface area contributed by atoms with Crippen LogP contribution in [0.3, 0.4) is 0 Å². The van der Waals surface area contributed by atoms with E-state index >= 15 is 0 Å². The van der Waals surface area contributed by atoms with Crippen molar-refractivity contribution in [3.63, 3.8) is 0 Å². The van der Waals surface area contributed by atoms with Gasteiger partial charge in [-0.05, 0) is 44.9 Å². The maximum atomic E-state index is 6.42. The lowest BCUT2D eigenvalue weighted by Crippen LogP contribution is -2.42. The minimum atomic E-state index is 0.265. The third kappa shape index (κ3) is 3.14. The van der Waals surface area contributed by atoms with Crippen LogP contribution in [0.15, 0.2) is 0 Å². The van der Waals surface area contributed by atoms with Gasteiger partial charge in [-0.15, -0.1) is 0 Å². The lowest BCUT2D eigenvalue weighted by Gasteiger charge is -2.33. The molecule has 0 bridgehead atoms. The third-order valence-corrected chi connectivity index (χ3v) is 5.47. The van der Waals surface area contributed by atoms with Crippen molar-refractivity contribution in [2.45, 2.75) is 88.1 Å². The quantitative estimate of drug-likeness (QED) is 0.849. The van der Waals surface area contributed by atoms with E-state index < -0.39 is 0 Å². The van der Waals surface area contributed by atoms with Gasteiger partial charge in [0.25, 0.3) is 0 Å². The number of methoxy groups -OCH3 is 1. The first-order valence-corrected chi connectivity index (χ1v) is 8.25. The molecule has 1 heterocycles. The molecule has 110 valence electrons. The summed E-state index contributed by atoms with van der Waals surface area (Å²) in [7, 11) is 1.84. The van der Waals surface area contributed by atoms with Crippen LogP contribution in [0.2, 0.25) is 0 Å². The summed E-state index contributed by atoms with van der Waals surface area (Å²) in [5, 5.41) is 3.70. The molecule has 1 saturated heterocycles. The van der Waals surface area contributed by atoms with Crippen molar-refractivity contribution in [2.24, 2.45) is 0 Å². The van der Waals surface area contributed by atoms with Crippen LogP contribution >= 0.6 is 0 Å². The van der Waals surface area contributed by atoms with Crippen LogP contribution in [-0.4, -0.2) is 37.5 Å². The van der Waals surface area contributed by atoms with Crippen molar-refractivity contribution in [3.8, 4) is 0 Å². The Hall–Kier alpha value is -0.120. The first-order chi connectivity index (χ1) is 9.31. The molecule has 0 aromatic carbocycles. The first kappa shape index (κ1) is 13.8. The number of ether oxygens (including phenoxy) is 2. The molecule has 1 spiro atoms. The van der Waals surface area contributed by atoms with Gasteiger partial charge in [-0.25, -0.2) is 0 Å². The fourth-order valence-electron chi connectivity index (χ4n) is 4.33. The van der Waals surface area contributed by atoms with E-state index in [2.05, 4.69) is 5.32 Å². The van der Waals surface area contributed by atoms with Crippen molar-refractivity contribution < 1.29 is 9.47 Å². The topological polar surface area (TPSA) is 30.5 Å². The Morgan fingerprint density at radius 1 is 1.05 bits per heavy atom. The van der Waals surface area contributed by atoms with Crippen LogP contribution in [0.4, 0.5) is 0 Å². The molecule has 3 nitrogen and oxygen atoms in total. The van der Waals surface area contributed by atoms with Gasteiger partial charge < -0.3 is 14.8 Å². The Morgan fingerprint density at radius 2 is 1.89 bits per heavy atom. The van der Waals surface area contributed by atoms with Crippen molar-refractivity contribution in [2.75, 3.05) is 13.7 Å². The van der Waals surface area contributed by atoms with E-state index in [0.29, 0.717) is 18.2 Å². The number of hydrogen-bond donors (Lipinski definition) is 1. The second-order valence-electron chi connectivity index (χ2n) is 6.74. The molecule has 3 heteroatoms. The summed E-state index contributed by atoms with van der Waals surface area (Å²) in [6.45, 7) is 1.02. The molecule has 1 aliphatic heterocycles. The SMILES string of the molecule is COC1CCCC1NCC1CCC2(CCCCC2)O1. The zero-order valence-electron chi connectivity index (χ0n) is 12.3. The Kier molecular flexibility index (Phi) is 4.45. The van der Waals surface area contributed by atoms with Crippen molar-refractivity contribution >= 4 is 0 Å². The monoisotopic (exact) mass is 267 g/mol.